The van der Waals surface area contributed by atoms with Crippen molar-refractivity contribution in [3.63, 3.8) is 0 Å². The molecule has 1 N–H and O–H groups in total. The van der Waals surface area contributed by atoms with E-state index in [2.05, 4.69) is 17.2 Å². The first-order valence-electron chi connectivity index (χ1n) is 6.43. The molecular formula is C13H19N3O3. The van der Waals surface area contributed by atoms with Crippen molar-refractivity contribution < 1.29 is 9.66 Å². The molecule has 0 unspecified atom stereocenters. The Hall–Kier alpha value is -1.69. The van der Waals surface area contributed by atoms with Crippen LogP contribution in [0, 0.1) is 22.5 Å². The van der Waals surface area contributed by atoms with Crippen molar-refractivity contribution >= 4 is 11.5 Å². The fraction of sp³-hybridized carbons (Fsp3) is 0.615. The molecule has 0 saturated carbocycles. The lowest BCUT2D eigenvalue weighted by Crippen LogP contribution is -2.33. The number of ether oxygens (including phenoxy) is 1. The van der Waals surface area contributed by atoms with Gasteiger partial charge in [-0.05, 0) is 30.7 Å². The minimum Gasteiger partial charge on any atom is -0.381 e. The molecule has 1 saturated heterocycles. The molecule has 0 amide bonds. The molecule has 1 aromatic heterocycles. The van der Waals surface area contributed by atoms with Crippen molar-refractivity contribution in [2.45, 2.75) is 26.7 Å². The number of anilines is 1. The molecule has 2 rings (SSSR count). The van der Waals surface area contributed by atoms with Crippen molar-refractivity contribution in [2.24, 2.45) is 5.41 Å². The molecule has 6 heteroatoms. The van der Waals surface area contributed by atoms with Gasteiger partial charge in [-0.1, -0.05) is 6.92 Å². The van der Waals surface area contributed by atoms with Crippen LogP contribution in [-0.2, 0) is 4.74 Å². The molecule has 0 atom stereocenters. The highest BCUT2D eigenvalue weighted by atomic mass is 16.6. The molecule has 2 heterocycles. The maximum Gasteiger partial charge on any atom is 0.287 e. The van der Waals surface area contributed by atoms with Crippen LogP contribution in [0.3, 0.4) is 0 Å². The van der Waals surface area contributed by atoms with E-state index in [1.54, 1.807) is 6.07 Å². The second kappa shape index (κ2) is 5.52. The zero-order valence-corrected chi connectivity index (χ0v) is 11.3. The largest absolute Gasteiger partial charge is 0.381 e. The predicted molar refractivity (Wildman–Crippen MR) is 72.3 cm³/mol. The number of nitro groups is 1. The molecule has 6 nitrogen and oxygen atoms in total. The van der Waals surface area contributed by atoms with Gasteiger partial charge in [0, 0.05) is 25.8 Å². The summed E-state index contributed by atoms with van der Waals surface area (Å²) in [5.74, 6) is 0.721. The number of nitrogens with zero attached hydrogens (tertiary/aromatic N) is 2. The highest BCUT2D eigenvalue weighted by Gasteiger charge is 2.27. The monoisotopic (exact) mass is 265 g/mol. The Kier molecular flexibility index (Phi) is 3.99. The first-order valence-corrected chi connectivity index (χ1v) is 6.43. The topological polar surface area (TPSA) is 77.3 Å². The highest BCUT2D eigenvalue weighted by molar-refractivity contribution is 5.48. The average molecular weight is 265 g/mol. The van der Waals surface area contributed by atoms with Gasteiger partial charge in [0.05, 0.1) is 4.92 Å². The fourth-order valence-electron chi connectivity index (χ4n) is 2.18. The third kappa shape index (κ3) is 3.41. The second-order valence-electron chi connectivity index (χ2n) is 5.39. The van der Waals surface area contributed by atoms with Crippen LogP contribution >= 0.6 is 0 Å². The van der Waals surface area contributed by atoms with E-state index in [0.717, 1.165) is 44.0 Å². The standard InChI is InChI=1S/C13H19N3O3/c1-10-7-11(16(17)18)8-14-12(10)15-9-13(2)3-5-19-6-4-13/h7-8H,3-6,9H2,1-2H3,(H,14,15). The number of hydrogen-bond acceptors (Lipinski definition) is 5. The molecule has 0 spiro atoms. The molecule has 19 heavy (non-hydrogen) atoms. The SMILES string of the molecule is Cc1cc([N+](=O)[O-])cnc1NCC1(C)CCOCC1. The Balaban J connectivity index is 2.01. The van der Waals surface area contributed by atoms with Gasteiger partial charge in [-0.25, -0.2) is 4.98 Å². The quantitative estimate of drug-likeness (QED) is 0.668. The number of hydrogen-bond donors (Lipinski definition) is 1. The summed E-state index contributed by atoms with van der Waals surface area (Å²) in [6.45, 7) is 6.45. The minimum atomic E-state index is -0.427. The van der Waals surface area contributed by atoms with Crippen LogP contribution in [0.5, 0.6) is 0 Å². The van der Waals surface area contributed by atoms with Crippen LogP contribution in [0.25, 0.3) is 0 Å². The maximum absolute atomic E-state index is 10.7. The van der Waals surface area contributed by atoms with Crippen LogP contribution < -0.4 is 5.32 Å². The molecule has 1 fully saturated rings. The molecule has 0 aromatic carbocycles. The van der Waals surface area contributed by atoms with Crippen LogP contribution in [0.4, 0.5) is 11.5 Å². The van der Waals surface area contributed by atoms with Gasteiger partial charge in [0.25, 0.3) is 5.69 Å². The highest BCUT2D eigenvalue weighted by Crippen LogP contribution is 2.30. The van der Waals surface area contributed by atoms with Gasteiger partial charge in [0.2, 0.25) is 0 Å². The van der Waals surface area contributed by atoms with E-state index in [1.807, 2.05) is 6.92 Å². The molecule has 104 valence electrons. The van der Waals surface area contributed by atoms with E-state index >= 15 is 0 Å². The molecule has 1 aliphatic heterocycles. The van der Waals surface area contributed by atoms with E-state index < -0.39 is 4.92 Å². The smallest absolute Gasteiger partial charge is 0.287 e. The maximum atomic E-state index is 10.7. The Labute approximate surface area is 112 Å². The van der Waals surface area contributed by atoms with Gasteiger partial charge in [0.15, 0.2) is 0 Å². The summed E-state index contributed by atoms with van der Waals surface area (Å²) in [5, 5.41) is 14.0. The fourth-order valence-corrected chi connectivity index (χ4v) is 2.18. The van der Waals surface area contributed by atoms with Crippen LogP contribution in [0.1, 0.15) is 25.3 Å². The summed E-state index contributed by atoms with van der Waals surface area (Å²) in [6.07, 6.45) is 3.33. The summed E-state index contributed by atoms with van der Waals surface area (Å²) in [6, 6.07) is 1.54. The Morgan fingerprint density at radius 1 is 1.53 bits per heavy atom. The summed E-state index contributed by atoms with van der Waals surface area (Å²) < 4.78 is 5.36. The van der Waals surface area contributed by atoms with Gasteiger partial charge >= 0.3 is 0 Å². The number of nitrogens with one attached hydrogen (secondary N) is 1. The Morgan fingerprint density at radius 3 is 2.79 bits per heavy atom. The van der Waals surface area contributed by atoms with Gasteiger partial charge in [0.1, 0.15) is 12.0 Å². The number of aromatic nitrogens is 1. The van der Waals surface area contributed by atoms with Crippen LogP contribution in [-0.4, -0.2) is 29.7 Å². The normalized spacial score (nSPS) is 18.0. The van der Waals surface area contributed by atoms with Gasteiger partial charge in [-0.15, -0.1) is 0 Å². The molecule has 0 bridgehead atoms. The van der Waals surface area contributed by atoms with Gasteiger partial charge in [-0.2, -0.15) is 0 Å². The third-order valence-electron chi connectivity index (χ3n) is 3.66. The van der Waals surface area contributed by atoms with Crippen LogP contribution in [0.15, 0.2) is 12.3 Å². The number of aryl methyl sites for hydroxylation is 1. The molecule has 0 radical (unpaired) electrons. The Morgan fingerprint density at radius 2 is 2.21 bits per heavy atom. The zero-order chi connectivity index (χ0) is 13.9. The summed E-state index contributed by atoms with van der Waals surface area (Å²) in [5.41, 5.74) is 1.03. The van der Waals surface area contributed by atoms with E-state index in [-0.39, 0.29) is 11.1 Å². The summed E-state index contributed by atoms with van der Waals surface area (Å²) in [7, 11) is 0. The van der Waals surface area contributed by atoms with Crippen molar-refractivity contribution in [3.05, 3.63) is 27.9 Å². The first-order chi connectivity index (χ1) is 9.00. The average Bonchev–Trinajstić information content (AvgIpc) is 2.38. The zero-order valence-electron chi connectivity index (χ0n) is 11.3. The lowest BCUT2D eigenvalue weighted by Gasteiger charge is -2.33. The van der Waals surface area contributed by atoms with E-state index in [9.17, 15) is 10.1 Å². The lowest BCUT2D eigenvalue weighted by molar-refractivity contribution is -0.385. The number of pyridine rings is 1. The first kappa shape index (κ1) is 13.7. The van der Waals surface area contributed by atoms with Crippen molar-refractivity contribution in [2.75, 3.05) is 25.1 Å². The minimum absolute atomic E-state index is 0.0281. The molecule has 1 aromatic rings. The summed E-state index contributed by atoms with van der Waals surface area (Å²) >= 11 is 0. The lowest BCUT2D eigenvalue weighted by atomic mass is 9.82. The molecule has 1 aliphatic rings. The third-order valence-corrected chi connectivity index (χ3v) is 3.66. The van der Waals surface area contributed by atoms with E-state index in [4.69, 9.17) is 4.74 Å². The summed E-state index contributed by atoms with van der Waals surface area (Å²) in [4.78, 5) is 14.4. The van der Waals surface area contributed by atoms with E-state index in [1.165, 1.54) is 6.20 Å². The Bertz CT molecular complexity index is 470. The van der Waals surface area contributed by atoms with Crippen molar-refractivity contribution in [3.8, 4) is 0 Å². The van der Waals surface area contributed by atoms with Crippen molar-refractivity contribution in [1.82, 2.24) is 4.98 Å². The van der Waals surface area contributed by atoms with Gasteiger partial charge < -0.3 is 10.1 Å². The van der Waals surface area contributed by atoms with E-state index in [0.29, 0.717) is 0 Å². The molecule has 0 aliphatic carbocycles. The molecular weight excluding hydrogens is 246 g/mol. The van der Waals surface area contributed by atoms with Crippen molar-refractivity contribution in [1.29, 1.82) is 0 Å². The predicted octanol–water partition coefficient (Wildman–Crippen LogP) is 2.53. The van der Waals surface area contributed by atoms with Crippen LogP contribution in [0.2, 0.25) is 0 Å². The second-order valence-corrected chi connectivity index (χ2v) is 5.39. The van der Waals surface area contributed by atoms with Gasteiger partial charge in [-0.3, -0.25) is 10.1 Å². The number of rotatable bonds is 4.